The van der Waals surface area contributed by atoms with Gasteiger partial charge in [0.25, 0.3) is 0 Å². The van der Waals surface area contributed by atoms with Gasteiger partial charge in [-0.1, -0.05) is 79.4 Å². The van der Waals surface area contributed by atoms with E-state index in [0.29, 0.717) is 23.7 Å². The van der Waals surface area contributed by atoms with Crippen molar-refractivity contribution in [3.05, 3.63) is 88.2 Å². The molecule has 6 nitrogen and oxygen atoms in total. The lowest BCUT2D eigenvalue weighted by Gasteiger charge is -2.35. The molecule has 0 amide bonds. The highest BCUT2D eigenvalue weighted by atomic mass is 16.4. The molecule has 6 rings (SSSR count). The maximum atomic E-state index is 12.4. The molecule has 3 heterocycles. The summed E-state index contributed by atoms with van der Waals surface area (Å²) in [6, 6.07) is 19.2. The molecule has 3 fully saturated rings. The fraction of sp³-hybridized carbons (Fsp3) is 0.556. The molecule has 224 valence electrons. The van der Waals surface area contributed by atoms with Gasteiger partial charge in [-0.15, -0.1) is 0 Å². The van der Waals surface area contributed by atoms with Crippen molar-refractivity contribution < 1.29 is 9.90 Å². The maximum Gasteiger partial charge on any atom is 0.320 e. The maximum absolute atomic E-state index is 12.4. The monoisotopic (exact) mass is 568 g/mol. The van der Waals surface area contributed by atoms with Crippen LogP contribution in [0.15, 0.2) is 54.6 Å². The van der Waals surface area contributed by atoms with Crippen LogP contribution in [0.4, 0.5) is 0 Å². The van der Waals surface area contributed by atoms with Crippen molar-refractivity contribution in [1.82, 2.24) is 19.6 Å². The third kappa shape index (κ3) is 6.35. The largest absolute Gasteiger partial charge is 0.480 e. The first-order valence-electron chi connectivity index (χ1n) is 16.2. The average Bonchev–Trinajstić information content (AvgIpc) is 3.48. The van der Waals surface area contributed by atoms with E-state index in [1.165, 1.54) is 52.9 Å². The van der Waals surface area contributed by atoms with E-state index in [-0.39, 0.29) is 6.04 Å². The molecule has 1 aliphatic carbocycles. The summed E-state index contributed by atoms with van der Waals surface area (Å²) in [4.78, 5) is 17.4. The summed E-state index contributed by atoms with van der Waals surface area (Å²) >= 11 is 0. The summed E-state index contributed by atoms with van der Waals surface area (Å²) in [6.45, 7) is 12.4. The summed E-state index contributed by atoms with van der Waals surface area (Å²) in [5.41, 5.74) is 7.90. The highest BCUT2D eigenvalue weighted by Crippen LogP contribution is 2.39. The topological polar surface area (TPSA) is 61.6 Å². The molecule has 0 unspecified atom stereocenters. The Morgan fingerprint density at radius 2 is 1.74 bits per heavy atom. The number of carboxylic acids is 1. The predicted molar refractivity (Wildman–Crippen MR) is 168 cm³/mol. The third-order valence-corrected chi connectivity index (χ3v) is 10.5. The number of carbonyl (C=O) groups is 1. The van der Waals surface area contributed by atoms with Crippen LogP contribution in [-0.4, -0.2) is 69.4 Å². The molecule has 6 heteroatoms. The van der Waals surface area contributed by atoms with Crippen molar-refractivity contribution >= 4 is 5.97 Å². The molecule has 42 heavy (non-hydrogen) atoms. The van der Waals surface area contributed by atoms with Crippen molar-refractivity contribution in [2.24, 2.45) is 11.8 Å². The van der Waals surface area contributed by atoms with E-state index < -0.39 is 5.97 Å². The average molecular weight is 569 g/mol. The SMILES string of the molecule is Cc1cccc([C@H]2CN([C@H](CC3CCC3)C(=O)O)C[C@@H]2CN2CCC(c3c(C)nn(Cc4ccccc4)c3C)CC2)c1. The van der Waals surface area contributed by atoms with Gasteiger partial charge in [-0.05, 0) is 87.6 Å². The van der Waals surface area contributed by atoms with Crippen LogP contribution < -0.4 is 0 Å². The molecule has 3 aliphatic rings. The van der Waals surface area contributed by atoms with Crippen molar-refractivity contribution in [2.75, 3.05) is 32.7 Å². The molecule has 0 spiro atoms. The Kier molecular flexibility index (Phi) is 8.83. The second kappa shape index (κ2) is 12.7. The summed E-state index contributed by atoms with van der Waals surface area (Å²) < 4.78 is 2.19. The van der Waals surface area contributed by atoms with Crippen LogP contribution in [-0.2, 0) is 11.3 Å². The van der Waals surface area contributed by atoms with Gasteiger partial charge in [0.15, 0.2) is 0 Å². The highest BCUT2D eigenvalue weighted by molar-refractivity contribution is 5.73. The van der Waals surface area contributed by atoms with Gasteiger partial charge in [0.2, 0.25) is 0 Å². The quantitative estimate of drug-likeness (QED) is 0.307. The second-order valence-electron chi connectivity index (χ2n) is 13.4. The van der Waals surface area contributed by atoms with Crippen molar-refractivity contribution in [3.63, 3.8) is 0 Å². The number of hydrogen-bond donors (Lipinski definition) is 1. The van der Waals surface area contributed by atoms with Crippen molar-refractivity contribution in [1.29, 1.82) is 0 Å². The standard InChI is InChI=1S/C36H48N4O2/c1-25-9-7-14-31(19-25)33-24-39(34(36(41)42)20-28-12-8-13-28)23-32(33)22-38-17-15-30(16-18-38)35-26(2)37-40(27(35)3)21-29-10-5-4-6-11-29/h4-7,9-11,14,19,28,30,32-34H,8,12-13,15-18,20-24H2,1-3H3,(H,41,42)/t32-,33+,34+/m0/s1. The first kappa shape index (κ1) is 29.1. The lowest BCUT2D eigenvalue weighted by atomic mass is 9.80. The Balaban J connectivity index is 1.13. The summed E-state index contributed by atoms with van der Waals surface area (Å²) in [5.74, 6) is 1.34. The van der Waals surface area contributed by atoms with E-state index in [0.717, 1.165) is 58.5 Å². The van der Waals surface area contributed by atoms with E-state index in [1.807, 2.05) is 0 Å². The van der Waals surface area contributed by atoms with E-state index in [1.54, 1.807) is 0 Å². The van der Waals surface area contributed by atoms with Gasteiger partial charge >= 0.3 is 5.97 Å². The minimum absolute atomic E-state index is 0.350. The van der Waals surface area contributed by atoms with Crippen LogP contribution in [0.3, 0.4) is 0 Å². The minimum atomic E-state index is -0.634. The highest BCUT2D eigenvalue weighted by Gasteiger charge is 2.41. The Hall–Kier alpha value is -2.96. The molecule has 3 aromatic rings. The number of aromatic nitrogens is 2. The lowest BCUT2D eigenvalue weighted by Crippen LogP contribution is -2.43. The zero-order valence-electron chi connectivity index (χ0n) is 25.7. The molecular formula is C36H48N4O2. The van der Waals surface area contributed by atoms with Gasteiger partial charge in [-0.25, -0.2) is 0 Å². The van der Waals surface area contributed by atoms with Crippen LogP contribution in [0.2, 0.25) is 0 Å². The Morgan fingerprint density at radius 3 is 2.40 bits per heavy atom. The lowest BCUT2D eigenvalue weighted by molar-refractivity contribution is -0.144. The number of rotatable bonds is 10. The molecule has 2 aliphatic heterocycles. The first-order chi connectivity index (χ1) is 20.4. The van der Waals surface area contributed by atoms with Crippen LogP contribution in [0, 0.1) is 32.6 Å². The fourth-order valence-electron chi connectivity index (χ4n) is 8.02. The molecule has 1 aromatic heterocycles. The number of aliphatic carboxylic acids is 1. The van der Waals surface area contributed by atoms with E-state index in [2.05, 4.69) is 89.9 Å². The molecule has 3 atom stereocenters. The molecule has 2 aromatic carbocycles. The second-order valence-corrected chi connectivity index (χ2v) is 13.4. The summed E-state index contributed by atoms with van der Waals surface area (Å²) in [6.07, 6.45) is 6.77. The Morgan fingerprint density at radius 1 is 0.976 bits per heavy atom. The molecule has 2 saturated heterocycles. The van der Waals surface area contributed by atoms with E-state index >= 15 is 0 Å². The molecule has 0 bridgehead atoms. The normalized spacial score (nSPS) is 23.2. The number of benzene rings is 2. The fourth-order valence-corrected chi connectivity index (χ4v) is 8.02. The van der Waals surface area contributed by atoms with Gasteiger partial charge in [0.05, 0.1) is 12.2 Å². The molecular weight excluding hydrogens is 520 g/mol. The van der Waals surface area contributed by atoms with Crippen LogP contribution in [0.1, 0.15) is 84.0 Å². The first-order valence-corrected chi connectivity index (χ1v) is 16.2. The van der Waals surface area contributed by atoms with Crippen LogP contribution in [0.5, 0.6) is 0 Å². The van der Waals surface area contributed by atoms with Crippen LogP contribution >= 0.6 is 0 Å². The number of likely N-dealkylation sites (tertiary alicyclic amines) is 2. The summed E-state index contributed by atoms with van der Waals surface area (Å²) in [7, 11) is 0. The third-order valence-electron chi connectivity index (χ3n) is 10.5. The number of carboxylic acid groups (broad SMARTS) is 1. The van der Waals surface area contributed by atoms with Gasteiger partial charge in [-0.3, -0.25) is 14.4 Å². The van der Waals surface area contributed by atoms with Gasteiger partial charge in [0.1, 0.15) is 6.04 Å². The van der Waals surface area contributed by atoms with E-state index in [9.17, 15) is 9.90 Å². The number of nitrogens with zero attached hydrogens (tertiary/aromatic N) is 4. The minimum Gasteiger partial charge on any atom is -0.480 e. The van der Waals surface area contributed by atoms with Gasteiger partial charge in [0, 0.05) is 31.2 Å². The van der Waals surface area contributed by atoms with E-state index in [4.69, 9.17) is 5.10 Å². The zero-order chi connectivity index (χ0) is 29.2. The molecule has 1 saturated carbocycles. The predicted octanol–water partition coefficient (Wildman–Crippen LogP) is 6.40. The molecule has 0 radical (unpaired) electrons. The Labute approximate surface area is 251 Å². The van der Waals surface area contributed by atoms with Gasteiger partial charge < -0.3 is 10.0 Å². The number of hydrogen-bond acceptors (Lipinski definition) is 4. The summed E-state index contributed by atoms with van der Waals surface area (Å²) in [5, 5.41) is 15.2. The van der Waals surface area contributed by atoms with Crippen LogP contribution in [0.25, 0.3) is 0 Å². The number of piperidine rings is 1. The zero-order valence-corrected chi connectivity index (χ0v) is 25.7. The van der Waals surface area contributed by atoms with Gasteiger partial charge in [-0.2, -0.15) is 5.10 Å². The molecule has 1 N–H and O–H groups in total. The van der Waals surface area contributed by atoms with Crippen molar-refractivity contribution in [3.8, 4) is 0 Å². The van der Waals surface area contributed by atoms with Crippen molar-refractivity contribution in [2.45, 2.75) is 83.7 Å². The smallest absolute Gasteiger partial charge is 0.320 e. The Bertz CT molecular complexity index is 1360. The number of aryl methyl sites for hydroxylation is 2.